The van der Waals surface area contributed by atoms with Crippen LogP contribution in [0.4, 0.5) is 0 Å². The molecular formula is C13H23NO3. The highest BCUT2D eigenvalue weighted by atomic mass is 16.5. The van der Waals surface area contributed by atoms with Crippen LogP contribution in [0.2, 0.25) is 0 Å². The van der Waals surface area contributed by atoms with Gasteiger partial charge in [-0.2, -0.15) is 0 Å². The van der Waals surface area contributed by atoms with Crippen molar-refractivity contribution < 1.29 is 14.6 Å². The zero-order valence-corrected chi connectivity index (χ0v) is 10.8. The lowest BCUT2D eigenvalue weighted by Crippen LogP contribution is -2.54. The highest BCUT2D eigenvalue weighted by molar-refractivity contribution is 5.71. The molecule has 17 heavy (non-hydrogen) atoms. The molecule has 0 radical (unpaired) electrons. The predicted molar refractivity (Wildman–Crippen MR) is 65.0 cm³/mol. The number of carboxylic acids is 1. The van der Waals surface area contributed by atoms with Gasteiger partial charge in [0.2, 0.25) is 0 Å². The molecule has 1 heterocycles. The maximum absolute atomic E-state index is 11.3. The average Bonchev–Trinajstić information content (AvgIpc) is 2.77. The normalized spacial score (nSPS) is 39.4. The van der Waals surface area contributed by atoms with Crippen molar-refractivity contribution in [2.75, 3.05) is 13.2 Å². The van der Waals surface area contributed by atoms with E-state index in [1.54, 1.807) is 0 Å². The first-order chi connectivity index (χ1) is 8.13. The first kappa shape index (κ1) is 12.8. The van der Waals surface area contributed by atoms with Crippen molar-refractivity contribution in [3.05, 3.63) is 0 Å². The van der Waals surface area contributed by atoms with Gasteiger partial charge >= 0.3 is 5.97 Å². The van der Waals surface area contributed by atoms with Crippen molar-refractivity contribution in [3.8, 4) is 0 Å². The van der Waals surface area contributed by atoms with Gasteiger partial charge in [0.05, 0.1) is 18.6 Å². The average molecular weight is 241 g/mol. The number of ether oxygens (including phenoxy) is 1. The molecule has 0 aromatic heterocycles. The number of morpholine rings is 1. The van der Waals surface area contributed by atoms with Crippen molar-refractivity contribution in [1.82, 2.24) is 4.90 Å². The Morgan fingerprint density at radius 2 is 2.24 bits per heavy atom. The van der Waals surface area contributed by atoms with Gasteiger partial charge in [-0.15, -0.1) is 0 Å². The van der Waals surface area contributed by atoms with Crippen molar-refractivity contribution in [1.29, 1.82) is 0 Å². The fourth-order valence-electron chi connectivity index (χ4n) is 3.25. The van der Waals surface area contributed by atoms with Gasteiger partial charge < -0.3 is 9.84 Å². The number of nitrogens with zero attached hydrogens (tertiary/aromatic N) is 1. The summed E-state index contributed by atoms with van der Waals surface area (Å²) in [6.07, 6.45) is 4.18. The molecule has 1 saturated heterocycles. The van der Waals surface area contributed by atoms with Gasteiger partial charge in [0.25, 0.3) is 0 Å². The lowest BCUT2D eigenvalue weighted by molar-refractivity contribution is -0.146. The van der Waals surface area contributed by atoms with Gasteiger partial charge in [0.1, 0.15) is 0 Å². The van der Waals surface area contributed by atoms with E-state index >= 15 is 0 Å². The van der Waals surface area contributed by atoms with Crippen LogP contribution in [0.3, 0.4) is 0 Å². The van der Waals surface area contributed by atoms with Gasteiger partial charge in [-0.3, -0.25) is 9.69 Å². The molecule has 2 rings (SSSR count). The minimum atomic E-state index is -0.624. The largest absolute Gasteiger partial charge is 0.481 e. The zero-order valence-electron chi connectivity index (χ0n) is 10.8. The summed E-state index contributed by atoms with van der Waals surface area (Å²) < 4.78 is 5.68. The molecule has 2 aliphatic rings. The maximum atomic E-state index is 11.3. The quantitative estimate of drug-likeness (QED) is 0.817. The summed E-state index contributed by atoms with van der Waals surface area (Å²) in [5.41, 5.74) is 0. The molecule has 98 valence electrons. The van der Waals surface area contributed by atoms with E-state index in [9.17, 15) is 9.90 Å². The smallest absolute Gasteiger partial charge is 0.308 e. The topological polar surface area (TPSA) is 49.8 Å². The number of rotatable bonds is 3. The summed E-state index contributed by atoms with van der Waals surface area (Å²) in [6.45, 7) is 5.86. The summed E-state index contributed by atoms with van der Waals surface area (Å²) in [6, 6.07) is 0.625. The Labute approximate surface area is 103 Å². The minimum Gasteiger partial charge on any atom is -0.481 e. The number of carboxylic acid groups (broad SMARTS) is 1. The van der Waals surface area contributed by atoms with E-state index in [0.29, 0.717) is 6.04 Å². The number of hydrogen-bond donors (Lipinski definition) is 1. The van der Waals surface area contributed by atoms with Crippen LogP contribution < -0.4 is 0 Å². The van der Waals surface area contributed by atoms with Gasteiger partial charge in [-0.05, 0) is 26.2 Å². The van der Waals surface area contributed by atoms with Crippen molar-refractivity contribution >= 4 is 5.97 Å². The van der Waals surface area contributed by atoms with Crippen LogP contribution in [0.1, 0.15) is 39.5 Å². The highest BCUT2D eigenvalue weighted by Gasteiger charge is 2.41. The van der Waals surface area contributed by atoms with E-state index in [2.05, 4.69) is 18.7 Å². The number of carbonyl (C=O) groups is 1. The SMILES string of the molecule is CCC1COC(C)CN1C1CCCC1C(=O)O. The Morgan fingerprint density at radius 1 is 1.47 bits per heavy atom. The first-order valence-corrected chi connectivity index (χ1v) is 6.73. The molecule has 0 aromatic rings. The van der Waals surface area contributed by atoms with Crippen molar-refractivity contribution in [3.63, 3.8) is 0 Å². The lowest BCUT2D eigenvalue weighted by atomic mass is 9.98. The molecule has 1 aliphatic carbocycles. The summed E-state index contributed by atoms with van der Waals surface area (Å²) in [5.74, 6) is -0.796. The highest BCUT2D eigenvalue weighted by Crippen LogP contribution is 2.33. The maximum Gasteiger partial charge on any atom is 0.308 e. The monoisotopic (exact) mass is 241 g/mol. The fraction of sp³-hybridized carbons (Fsp3) is 0.923. The van der Waals surface area contributed by atoms with E-state index in [1.165, 1.54) is 0 Å². The molecule has 4 unspecified atom stereocenters. The third-order valence-electron chi connectivity index (χ3n) is 4.20. The van der Waals surface area contributed by atoms with E-state index in [0.717, 1.165) is 38.8 Å². The van der Waals surface area contributed by atoms with Gasteiger partial charge in [0, 0.05) is 18.6 Å². The second-order valence-corrected chi connectivity index (χ2v) is 5.35. The van der Waals surface area contributed by atoms with Crippen LogP contribution in [-0.4, -0.2) is 47.3 Å². The van der Waals surface area contributed by atoms with Crippen LogP contribution in [0.15, 0.2) is 0 Å². The standard InChI is InChI=1S/C13H23NO3/c1-3-10-8-17-9(2)7-14(10)12-6-4-5-11(12)13(15)16/h9-12H,3-8H2,1-2H3,(H,15,16). The van der Waals surface area contributed by atoms with Crippen LogP contribution >= 0.6 is 0 Å². The molecule has 1 saturated carbocycles. The number of aliphatic carboxylic acids is 1. The molecule has 4 heteroatoms. The van der Waals surface area contributed by atoms with Crippen LogP contribution in [0.5, 0.6) is 0 Å². The van der Waals surface area contributed by atoms with Gasteiger partial charge in [-0.1, -0.05) is 13.3 Å². The Hall–Kier alpha value is -0.610. The molecule has 1 aliphatic heterocycles. The zero-order chi connectivity index (χ0) is 12.4. The van der Waals surface area contributed by atoms with Crippen LogP contribution in [0, 0.1) is 5.92 Å². The molecular weight excluding hydrogens is 218 g/mol. The molecule has 2 fully saturated rings. The molecule has 1 N–H and O–H groups in total. The lowest BCUT2D eigenvalue weighted by Gasteiger charge is -2.43. The van der Waals surface area contributed by atoms with E-state index in [1.807, 2.05) is 0 Å². The summed E-state index contributed by atoms with van der Waals surface area (Å²) in [7, 11) is 0. The molecule has 4 atom stereocenters. The third-order valence-corrected chi connectivity index (χ3v) is 4.20. The molecule has 0 bridgehead atoms. The minimum absolute atomic E-state index is 0.172. The Morgan fingerprint density at radius 3 is 2.88 bits per heavy atom. The first-order valence-electron chi connectivity index (χ1n) is 6.73. The van der Waals surface area contributed by atoms with E-state index in [-0.39, 0.29) is 18.1 Å². The predicted octanol–water partition coefficient (Wildman–Crippen LogP) is 1.74. The molecule has 0 amide bonds. The Balaban J connectivity index is 2.09. The fourth-order valence-corrected chi connectivity index (χ4v) is 3.25. The second-order valence-electron chi connectivity index (χ2n) is 5.35. The van der Waals surface area contributed by atoms with E-state index in [4.69, 9.17) is 4.74 Å². The molecule has 4 nitrogen and oxygen atoms in total. The Kier molecular flexibility index (Phi) is 4.05. The van der Waals surface area contributed by atoms with Crippen LogP contribution in [0.25, 0.3) is 0 Å². The number of hydrogen-bond acceptors (Lipinski definition) is 3. The van der Waals surface area contributed by atoms with Gasteiger partial charge in [0.15, 0.2) is 0 Å². The van der Waals surface area contributed by atoms with E-state index < -0.39 is 5.97 Å². The van der Waals surface area contributed by atoms with Gasteiger partial charge in [-0.25, -0.2) is 0 Å². The Bertz CT molecular complexity index is 282. The van der Waals surface area contributed by atoms with Crippen molar-refractivity contribution in [2.45, 2.75) is 57.7 Å². The third kappa shape index (κ3) is 2.63. The molecule has 0 spiro atoms. The summed E-state index contributed by atoms with van der Waals surface area (Å²) in [4.78, 5) is 13.7. The summed E-state index contributed by atoms with van der Waals surface area (Å²) >= 11 is 0. The van der Waals surface area contributed by atoms with Crippen LogP contribution in [-0.2, 0) is 9.53 Å². The van der Waals surface area contributed by atoms with Crippen molar-refractivity contribution in [2.24, 2.45) is 5.92 Å². The second kappa shape index (κ2) is 5.36. The molecule has 0 aromatic carbocycles. The summed E-state index contributed by atoms with van der Waals surface area (Å²) in [5, 5.41) is 9.28.